The number of rotatable bonds is 4. The lowest BCUT2D eigenvalue weighted by molar-refractivity contribution is -0.274. The predicted molar refractivity (Wildman–Crippen MR) is 65.3 cm³/mol. The van der Waals surface area contributed by atoms with E-state index < -0.39 is 26.9 Å². The summed E-state index contributed by atoms with van der Waals surface area (Å²) in [6, 6.07) is 6.09. The van der Waals surface area contributed by atoms with Crippen LogP contribution in [0.2, 0.25) is 0 Å². The first-order valence-corrected chi connectivity index (χ1v) is 6.93. The van der Waals surface area contributed by atoms with Crippen LogP contribution in [0, 0.1) is 11.3 Å². The van der Waals surface area contributed by atoms with Gasteiger partial charge in [-0.3, -0.25) is 0 Å². The molecule has 1 aromatic rings. The molecule has 1 N–H and O–H groups in total. The van der Waals surface area contributed by atoms with Crippen molar-refractivity contribution in [1.29, 1.82) is 5.26 Å². The molecular weight excluding hydrogens is 297 g/mol. The van der Waals surface area contributed by atoms with Gasteiger partial charge in [0.25, 0.3) is 0 Å². The zero-order chi connectivity index (χ0) is 15.4. The fourth-order valence-corrected chi connectivity index (χ4v) is 1.56. The summed E-state index contributed by atoms with van der Waals surface area (Å²) < 4.78 is 61.7. The highest BCUT2D eigenvalue weighted by Crippen LogP contribution is 2.24. The summed E-state index contributed by atoms with van der Waals surface area (Å²) in [7, 11) is -3.65. The fourth-order valence-electron chi connectivity index (χ4n) is 1.12. The van der Waals surface area contributed by atoms with Crippen molar-refractivity contribution in [2.24, 2.45) is 0 Å². The summed E-state index contributed by atoms with van der Waals surface area (Å²) in [5.41, 5.74) is 0.302. The molecule has 0 bridgehead atoms. The molecule has 0 spiro atoms. The summed E-state index contributed by atoms with van der Waals surface area (Å²) in [5, 5.41) is 11.1. The number of allylic oxidation sites excluding steroid dienone is 1. The maximum absolute atomic E-state index is 11.9. The summed E-state index contributed by atoms with van der Waals surface area (Å²) in [6.45, 7) is 0. The van der Waals surface area contributed by atoms with Gasteiger partial charge in [-0.2, -0.15) is 5.26 Å². The Labute approximate surface area is 113 Å². The highest BCUT2D eigenvalue weighted by atomic mass is 32.2. The molecule has 5 nitrogen and oxygen atoms in total. The average Bonchev–Trinajstić information content (AvgIpc) is 2.28. The highest BCUT2D eigenvalue weighted by Gasteiger charge is 2.30. The number of sulfone groups is 1. The third-order valence-electron chi connectivity index (χ3n) is 1.97. The Kier molecular flexibility index (Phi) is 4.62. The van der Waals surface area contributed by atoms with Gasteiger partial charge in [-0.25, -0.2) is 8.42 Å². The minimum atomic E-state index is -4.78. The van der Waals surface area contributed by atoms with Crippen LogP contribution in [-0.4, -0.2) is 21.0 Å². The summed E-state index contributed by atoms with van der Waals surface area (Å²) >= 11 is 0. The van der Waals surface area contributed by atoms with Crippen molar-refractivity contribution >= 4 is 15.5 Å². The van der Waals surface area contributed by atoms with Gasteiger partial charge >= 0.3 is 6.36 Å². The first kappa shape index (κ1) is 15.8. The number of hydrogen-bond acceptors (Lipinski definition) is 5. The van der Waals surface area contributed by atoms with Crippen LogP contribution in [0.5, 0.6) is 5.75 Å². The second-order valence-corrected chi connectivity index (χ2v) is 5.59. The van der Waals surface area contributed by atoms with E-state index in [2.05, 4.69) is 10.1 Å². The van der Waals surface area contributed by atoms with E-state index in [4.69, 9.17) is 5.26 Å². The lowest BCUT2D eigenvalue weighted by atomic mass is 10.3. The molecule has 0 aliphatic heterocycles. The second kappa shape index (κ2) is 5.83. The van der Waals surface area contributed by atoms with E-state index in [0.717, 1.165) is 24.6 Å². The molecule has 9 heteroatoms. The largest absolute Gasteiger partial charge is 0.573 e. The standard InChI is InChI=1S/C11H9F3N2O3S/c1-20(17,18)10(6-15)7-16-8-2-4-9(5-3-8)19-11(12,13)14/h2-5,7,16H,1H3/b10-7+. The number of nitrogens with one attached hydrogen (secondary N) is 1. The van der Waals surface area contributed by atoms with Gasteiger partial charge in [0.15, 0.2) is 14.7 Å². The van der Waals surface area contributed by atoms with Crippen molar-refractivity contribution in [3.05, 3.63) is 35.4 Å². The number of anilines is 1. The molecule has 1 aromatic carbocycles. The Morgan fingerprint density at radius 2 is 1.90 bits per heavy atom. The number of ether oxygens (including phenoxy) is 1. The van der Waals surface area contributed by atoms with Gasteiger partial charge in [0.05, 0.1) is 0 Å². The van der Waals surface area contributed by atoms with E-state index >= 15 is 0 Å². The van der Waals surface area contributed by atoms with Crippen molar-refractivity contribution in [2.45, 2.75) is 6.36 Å². The minimum absolute atomic E-state index is 0.302. The molecule has 0 radical (unpaired) electrons. The Hall–Kier alpha value is -2.21. The summed E-state index contributed by atoms with van der Waals surface area (Å²) in [5.74, 6) is -0.407. The van der Waals surface area contributed by atoms with Crippen LogP contribution in [0.3, 0.4) is 0 Å². The minimum Gasteiger partial charge on any atom is -0.406 e. The number of halogens is 3. The molecule has 0 aliphatic rings. The molecule has 108 valence electrons. The first-order valence-electron chi connectivity index (χ1n) is 5.04. The maximum atomic E-state index is 11.9. The Morgan fingerprint density at radius 1 is 1.35 bits per heavy atom. The van der Waals surface area contributed by atoms with Gasteiger partial charge in [0.2, 0.25) is 0 Å². The molecule has 1 rings (SSSR count). The fraction of sp³-hybridized carbons (Fsp3) is 0.182. The maximum Gasteiger partial charge on any atom is 0.573 e. The third kappa shape index (κ3) is 5.19. The Balaban J connectivity index is 2.82. The highest BCUT2D eigenvalue weighted by molar-refractivity contribution is 7.94. The molecule has 0 atom stereocenters. The van der Waals surface area contributed by atoms with E-state index in [1.54, 1.807) is 0 Å². The SMILES string of the molecule is CS(=O)(=O)/C(C#N)=C/Nc1ccc(OC(F)(F)F)cc1. The number of alkyl halides is 3. The van der Waals surface area contributed by atoms with Crippen molar-refractivity contribution < 1.29 is 26.3 Å². The molecule has 0 heterocycles. The molecule has 20 heavy (non-hydrogen) atoms. The van der Waals surface area contributed by atoms with E-state index in [9.17, 15) is 21.6 Å². The second-order valence-electron chi connectivity index (χ2n) is 3.61. The number of hydrogen-bond donors (Lipinski definition) is 1. The van der Waals surface area contributed by atoms with Crippen molar-refractivity contribution in [3.63, 3.8) is 0 Å². The van der Waals surface area contributed by atoms with Gasteiger partial charge in [-0.1, -0.05) is 0 Å². The zero-order valence-electron chi connectivity index (χ0n) is 10.1. The van der Waals surface area contributed by atoms with Crippen molar-refractivity contribution in [3.8, 4) is 11.8 Å². The van der Waals surface area contributed by atoms with Crippen LogP contribution in [-0.2, 0) is 9.84 Å². The number of nitriles is 1. The molecule has 0 aliphatic carbocycles. The van der Waals surface area contributed by atoms with Crippen LogP contribution in [0.25, 0.3) is 0 Å². The molecular formula is C11H9F3N2O3S. The zero-order valence-corrected chi connectivity index (χ0v) is 10.9. The van der Waals surface area contributed by atoms with E-state index in [1.807, 2.05) is 0 Å². The quantitative estimate of drug-likeness (QED) is 0.864. The van der Waals surface area contributed by atoms with Gasteiger partial charge in [0.1, 0.15) is 11.8 Å². The topological polar surface area (TPSA) is 79.2 Å². The number of benzene rings is 1. The van der Waals surface area contributed by atoms with Crippen molar-refractivity contribution in [2.75, 3.05) is 11.6 Å². The van der Waals surface area contributed by atoms with E-state index in [1.165, 1.54) is 18.2 Å². The molecule has 0 saturated heterocycles. The van der Waals surface area contributed by atoms with Crippen molar-refractivity contribution in [1.82, 2.24) is 0 Å². The van der Waals surface area contributed by atoms with Crippen LogP contribution < -0.4 is 10.1 Å². The van der Waals surface area contributed by atoms with Crippen LogP contribution in [0.15, 0.2) is 35.4 Å². The van der Waals surface area contributed by atoms with Gasteiger partial charge in [0, 0.05) is 18.1 Å². The Bertz CT molecular complexity index is 643. The summed E-state index contributed by atoms with van der Waals surface area (Å²) in [4.78, 5) is -0.492. The first-order chi connectivity index (χ1) is 9.12. The summed E-state index contributed by atoms with van der Waals surface area (Å²) in [6.07, 6.45) is -2.96. The molecule has 0 aromatic heterocycles. The van der Waals surface area contributed by atoms with Gasteiger partial charge < -0.3 is 10.1 Å². The lowest BCUT2D eigenvalue weighted by Crippen LogP contribution is -2.16. The third-order valence-corrected chi connectivity index (χ3v) is 2.98. The number of nitrogens with zero attached hydrogens (tertiary/aromatic N) is 1. The van der Waals surface area contributed by atoms with Crippen LogP contribution >= 0.6 is 0 Å². The normalized spacial score (nSPS) is 12.7. The van der Waals surface area contributed by atoms with E-state index in [-0.39, 0.29) is 0 Å². The predicted octanol–water partition coefficient (Wildman–Crippen LogP) is 2.41. The van der Waals surface area contributed by atoms with Crippen LogP contribution in [0.1, 0.15) is 0 Å². The van der Waals surface area contributed by atoms with E-state index in [0.29, 0.717) is 5.69 Å². The molecule has 0 amide bonds. The smallest absolute Gasteiger partial charge is 0.406 e. The average molecular weight is 306 g/mol. The monoisotopic (exact) mass is 306 g/mol. The van der Waals surface area contributed by atoms with Gasteiger partial charge in [-0.05, 0) is 24.3 Å². The molecule has 0 fully saturated rings. The molecule has 0 saturated carbocycles. The van der Waals surface area contributed by atoms with Gasteiger partial charge in [-0.15, -0.1) is 13.2 Å². The lowest BCUT2D eigenvalue weighted by Gasteiger charge is -2.09. The molecule has 0 unspecified atom stereocenters. The van der Waals surface area contributed by atoms with Crippen LogP contribution in [0.4, 0.5) is 18.9 Å². The Morgan fingerprint density at radius 3 is 2.30 bits per heavy atom.